The molecule has 0 radical (unpaired) electrons. The van der Waals surface area contributed by atoms with Crippen LogP contribution in [0.1, 0.15) is 23.6 Å². The fourth-order valence-corrected chi connectivity index (χ4v) is 4.01. The molecular weight excluding hydrogens is 300 g/mol. The van der Waals surface area contributed by atoms with Gasteiger partial charge in [-0.3, -0.25) is 4.79 Å². The Hall–Kier alpha value is -2.33. The molecule has 4 rings (SSSR count). The van der Waals surface area contributed by atoms with Crippen molar-refractivity contribution < 1.29 is 9.53 Å². The first-order valence-corrected chi connectivity index (χ1v) is 8.57. The summed E-state index contributed by atoms with van der Waals surface area (Å²) in [4.78, 5) is 17.9. The predicted molar refractivity (Wildman–Crippen MR) is 93.4 cm³/mol. The first-order chi connectivity index (χ1) is 11.8. The fraction of sp³-hybridized carbons (Fsp3) is 0.350. The van der Waals surface area contributed by atoms with Crippen molar-refractivity contribution in [3.05, 3.63) is 66.0 Å². The number of likely N-dealkylation sites (tertiary alicyclic amines) is 1. The lowest BCUT2D eigenvalue weighted by atomic mass is 9.84. The van der Waals surface area contributed by atoms with E-state index in [9.17, 15) is 4.79 Å². The summed E-state index contributed by atoms with van der Waals surface area (Å²) in [5, 5.41) is 0. The lowest BCUT2D eigenvalue weighted by molar-refractivity contribution is -0.128. The SMILES string of the molecule is O=C(/C=C/c1ccc[nH]1)N1C[C@H](c2ccccc2)[C@H]2COCC[C@@H]21. The zero-order chi connectivity index (χ0) is 16.4. The van der Waals surface area contributed by atoms with E-state index in [1.807, 2.05) is 35.4 Å². The number of aromatic amines is 1. The average molecular weight is 322 g/mol. The zero-order valence-electron chi connectivity index (χ0n) is 13.6. The second-order valence-corrected chi connectivity index (χ2v) is 6.56. The molecule has 2 saturated heterocycles. The van der Waals surface area contributed by atoms with Gasteiger partial charge in [-0.05, 0) is 30.2 Å². The molecule has 3 atom stereocenters. The van der Waals surface area contributed by atoms with Gasteiger partial charge in [0.25, 0.3) is 0 Å². The minimum absolute atomic E-state index is 0.0972. The number of carbonyl (C=O) groups is 1. The Morgan fingerprint density at radius 3 is 2.88 bits per heavy atom. The molecule has 2 fully saturated rings. The summed E-state index contributed by atoms with van der Waals surface area (Å²) < 4.78 is 5.72. The van der Waals surface area contributed by atoms with Crippen LogP contribution in [0.4, 0.5) is 0 Å². The molecule has 1 aromatic carbocycles. The monoisotopic (exact) mass is 322 g/mol. The molecule has 0 aliphatic carbocycles. The predicted octanol–water partition coefficient (Wildman–Crippen LogP) is 3.06. The smallest absolute Gasteiger partial charge is 0.246 e. The molecule has 2 aromatic rings. The summed E-state index contributed by atoms with van der Waals surface area (Å²) >= 11 is 0. The lowest BCUT2D eigenvalue weighted by Crippen LogP contribution is -2.41. The maximum Gasteiger partial charge on any atom is 0.246 e. The molecule has 24 heavy (non-hydrogen) atoms. The van der Waals surface area contributed by atoms with Crippen molar-refractivity contribution in [2.24, 2.45) is 5.92 Å². The van der Waals surface area contributed by atoms with Crippen molar-refractivity contribution in [2.75, 3.05) is 19.8 Å². The number of nitrogens with zero attached hydrogens (tertiary/aromatic N) is 1. The summed E-state index contributed by atoms with van der Waals surface area (Å²) in [7, 11) is 0. The van der Waals surface area contributed by atoms with Gasteiger partial charge in [0.1, 0.15) is 0 Å². The molecule has 0 bridgehead atoms. The first kappa shape index (κ1) is 15.2. The lowest BCUT2D eigenvalue weighted by Gasteiger charge is -2.32. The third kappa shape index (κ3) is 2.89. The molecular formula is C20H22N2O2. The Bertz CT molecular complexity index is 709. The molecule has 0 spiro atoms. The van der Waals surface area contributed by atoms with Crippen molar-refractivity contribution in [1.82, 2.24) is 9.88 Å². The topological polar surface area (TPSA) is 45.3 Å². The molecule has 4 nitrogen and oxygen atoms in total. The van der Waals surface area contributed by atoms with Crippen LogP contribution in [0.25, 0.3) is 6.08 Å². The minimum Gasteiger partial charge on any atom is -0.381 e. The average Bonchev–Trinajstić information content (AvgIpc) is 3.28. The Kier molecular flexibility index (Phi) is 4.22. The highest BCUT2D eigenvalue weighted by Gasteiger charge is 2.45. The molecule has 3 heterocycles. The van der Waals surface area contributed by atoms with Crippen LogP contribution >= 0.6 is 0 Å². The molecule has 1 aromatic heterocycles. The van der Waals surface area contributed by atoms with Crippen LogP contribution in [0, 0.1) is 5.92 Å². The zero-order valence-corrected chi connectivity index (χ0v) is 13.6. The van der Waals surface area contributed by atoms with Gasteiger partial charge < -0.3 is 14.6 Å². The maximum atomic E-state index is 12.8. The van der Waals surface area contributed by atoms with E-state index in [2.05, 4.69) is 29.2 Å². The van der Waals surface area contributed by atoms with Gasteiger partial charge >= 0.3 is 0 Å². The number of hydrogen-bond donors (Lipinski definition) is 1. The largest absolute Gasteiger partial charge is 0.381 e. The molecule has 1 amide bonds. The second-order valence-electron chi connectivity index (χ2n) is 6.56. The molecule has 4 heteroatoms. The Morgan fingerprint density at radius 1 is 1.21 bits per heavy atom. The maximum absolute atomic E-state index is 12.8. The highest BCUT2D eigenvalue weighted by molar-refractivity contribution is 5.92. The highest BCUT2D eigenvalue weighted by Crippen LogP contribution is 2.40. The number of carbonyl (C=O) groups excluding carboxylic acids is 1. The van der Waals surface area contributed by atoms with E-state index in [0.29, 0.717) is 11.8 Å². The third-order valence-electron chi connectivity index (χ3n) is 5.21. The van der Waals surface area contributed by atoms with Gasteiger partial charge in [-0.15, -0.1) is 0 Å². The van der Waals surface area contributed by atoms with E-state index < -0.39 is 0 Å². The summed E-state index contributed by atoms with van der Waals surface area (Å²) in [5.74, 6) is 0.850. The highest BCUT2D eigenvalue weighted by atomic mass is 16.5. The van der Waals surface area contributed by atoms with Crippen LogP contribution in [-0.4, -0.2) is 41.6 Å². The molecule has 124 valence electrons. The number of fused-ring (bicyclic) bond motifs is 1. The summed E-state index contributed by atoms with van der Waals surface area (Å²) in [6, 6.07) is 14.7. The van der Waals surface area contributed by atoms with E-state index in [1.54, 1.807) is 6.08 Å². The summed E-state index contributed by atoms with van der Waals surface area (Å²) in [5.41, 5.74) is 2.26. The number of rotatable bonds is 3. The van der Waals surface area contributed by atoms with Crippen molar-refractivity contribution in [3.8, 4) is 0 Å². The Labute approximate surface area is 142 Å². The van der Waals surface area contributed by atoms with Crippen LogP contribution in [0.2, 0.25) is 0 Å². The number of amides is 1. The van der Waals surface area contributed by atoms with Gasteiger partial charge in [-0.1, -0.05) is 30.3 Å². The quantitative estimate of drug-likeness (QED) is 0.883. The molecule has 0 saturated carbocycles. The van der Waals surface area contributed by atoms with E-state index in [0.717, 1.165) is 31.9 Å². The Morgan fingerprint density at radius 2 is 2.08 bits per heavy atom. The van der Waals surface area contributed by atoms with Crippen LogP contribution in [0.5, 0.6) is 0 Å². The van der Waals surface area contributed by atoms with Crippen molar-refractivity contribution in [3.63, 3.8) is 0 Å². The van der Waals surface area contributed by atoms with Gasteiger partial charge in [0.2, 0.25) is 5.91 Å². The van der Waals surface area contributed by atoms with Crippen molar-refractivity contribution in [2.45, 2.75) is 18.4 Å². The first-order valence-electron chi connectivity index (χ1n) is 8.57. The van der Waals surface area contributed by atoms with Crippen LogP contribution in [0.15, 0.2) is 54.7 Å². The van der Waals surface area contributed by atoms with Crippen molar-refractivity contribution >= 4 is 12.0 Å². The van der Waals surface area contributed by atoms with E-state index in [4.69, 9.17) is 4.74 Å². The molecule has 2 aliphatic rings. The Balaban J connectivity index is 1.55. The second kappa shape index (κ2) is 6.65. The van der Waals surface area contributed by atoms with Gasteiger partial charge in [-0.25, -0.2) is 0 Å². The molecule has 1 N–H and O–H groups in total. The molecule has 0 unspecified atom stereocenters. The van der Waals surface area contributed by atoms with Crippen molar-refractivity contribution in [1.29, 1.82) is 0 Å². The number of ether oxygens (including phenoxy) is 1. The standard InChI is InChI=1S/C20H22N2O2/c23-20(9-8-16-7-4-11-21-16)22-13-17(15-5-2-1-3-6-15)18-14-24-12-10-19(18)22/h1-9,11,17-19,21H,10,12-14H2/b9-8+/t17-,18-,19+/m1/s1. The van der Waals surface area contributed by atoms with Crippen LogP contribution < -0.4 is 0 Å². The number of benzene rings is 1. The van der Waals surface area contributed by atoms with Gasteiger partial charge in [0.05, 0.1) is 6.61 Å². The number of hydrogen-bond acceptors (Lipinski definition) is 2. The summed E-state index contributed by atoms with van der Waals surface area (Å²) in [6.45, 7) is 2.26. The van der Waals surface area contributed by atoms with E-state index in [1.165, 1.54) is 5.56 Å². The minimum atomic E-state index is 0.0972. The van der Waals surface area contributed by atoms with Gasteiger partial charge in [0.15, 0.2) is 0 Å². The third-order valence-corrected chi connectivity index (χ3v) is 5.21. The normalized spacial score (nSPS) is 26.7. The number of H-pyrrole nitrogens is 1. The number of nitrogens with one attached hydrogen (secondary N) is 1. The van der Waals surface area contributed by atoms with Crippen LogP contribution in [-0.2, 0) is 9.53 Å². The number of aromatic nitrogens is 1. The van der Waals surface area contributed by atoms with Gasteiger partial charge in [-0.2, -0.15) is 0 Å². The van der Waals surface area contributed by atoms with E-state index >= 15 is 0 Å². The fourth-order valence-electron chi connectivity index (χ4n) is 4.01. The van der Waals surface area contributed by atoms with E-state index in [-0.39, 0.29) is 11.9 Å². The van der Waals surface area contributed by atoms with Gasteiger partial charge in [0, 0.05) is 49.0 Å². The van der Waals surface area contributed by atoms with Crippen LogP contribution in [0.3, 0.4) is 0 Å². The summed E-state index contributed by atoms with van der Waals surface area (Å²) in [6.07, 6.45) is 6.33. The molecule has 2 aliphatic heterocycles.